The maximum atomic E-state index is 2.68. The number of hydrogen-bond acceptors (Lipinski definition) is 3. The summed E-state index contributed by atoms with van der Waals surface area (Å²) in [6.45, 7) is 33.7. The number of nitrogens with zero attached hydrogens (tertiary/aromatic N) is 3. The van der Waals surface area contributed by atoms with E-state index in [1.807, 2.05) is 0 Å². The maximum Gasteiger partial charge on any atom is 0.252 e. The third kappa shape index (κ3) is 6.82. The highest BCUT2D eigenvalue weighted by molar-refractivity contribution is 7.00. The Morgan fingerprint density at radius 1 is 0.441 bits per heavy atom. The molecule has 0 amide bonds. The van der Waals surface area contributed by atoms with E-state index in [-0.39, 0.29) is 33.8 Å². The number of rotatable bonds is 5. The number of benzene rings is 7. The molecule has 344 valence electrons. The maximum absolute atomic E-state index is 2.68. The van der Waals surface area contributed by atoms with Gasteiger partial charge in [-0.1, -0.05) is 137 Å². The van der Waals surface area contributed by atoms with Gasteiger partial charge in [0.1, 0.15) is 0 Å². The van der Waals surface area contributed by atoms with Crippen LogP contribution in [-0.2, 0) is 27.1 Å². The second-order valence-corrected chi connectivity index (χ2v) is 24.7. The average molecular weight is 892 g/mol. The van der Waals surface area contributed by atoms with E-state index >= 15 is 0 Å². The standard InChI is InChI=1S/C64H70BN3/c1-40-31-57-59-58(32-40)68(55-37-50-47(34-42(55)3)63(11,12)39-64(50,13)14)54-28-26-46(66(44-21-17-15-18-22-44)45-23-19-16-20-24-45)35-51(54)65(59)52-36-48-49(62(9,10)30-29-61(48,7)8)38-56(52)67(57)53-27-25-43(33-41(53)2)60(4,5)6/h15-28,31-38H,29-30,39H2,1-14H3. The molecule has 0 saturated heterocycles. The van der Waals surface area contributed by atoms with E-state index in [9.17, 15) is 0 Å². The molecule has 0 spiro atoms. The Morgan fingerprint density at radius 2 is 0.926 bits per heavy atom. The number of anilines is 9. The first-order valence-corrected chi connectivity index (χ1v) is 25.3. The lowest BCUT2D eigenvalue weighted by molar-refractivity contribution is 0.332. The molecule has 0 N–H and O–H groups in total. The second-order valence-electron chi connectivity index (χ2n) is 24.7. The summed E-state index contributed by atoms with van der Waals surface area (Å²) in [7, 11) is 0. The highest BCUT2D eigenvalue weighted by Crippen LogP contribution is 2.55. The molecule has 7 aromatic carbocycles. The molecule has 11 rings (SSSR count). The Morgan fingerprint density at radius 3 is 1.50 bits per heavy atom. The molecule has 0 radical (unpaired) electrons. The molecule has 0 saturated carbocycles. The smallest absolute Gasteiger partial charge is 0.252 e. The van der Waals surface area contributed by atoms with Gasteiger partial charge in [-0.05, 0) is 201 Å². The molecule has 0 bridgehead atoms. The molecule has 68 heavy (non-hydrogen) atoms. The fourth-order valence-corrected chi connectivity index (χ4v) is 13.2. The lowest BCUT2D eigenvalue weighted by Gasteiger charge is -2.48. The van der Waals surface area contributed by atoms with Crippen molar-refractivity contribution < 1.29 is 0 Å². The lowest BCUT2D eigenvalue weighted by atomic mass is 9.33. The fourth-order valence-electron chi connectivity index (χ4n) is 13.2. The Balaban J connectivity index is 1.26. The zero-order valence-electron chi connectivity index (χ0n) is 43.2. The minimum atomic E-state index is -0.0168. The Kier molecular flexibility index (Phi) is 9.82. The molecule has 0 atom stereocenters. The fraction of sp³-hybridized carbons (Fsp3) is 0.344. The monoisotopic (exact) mass is 892 g/mol. The summed E-state index contributed by atoms with van der Waals surface area (Å²) in [4.78, 5) is 7.78. The molecule has 2 aliphatic heterocycles. The van der Waals surface area contributed by atoms with Gasteiger partial charge >= 0.3 is 0 Å². The van der Waals surface area contributed by atoms with Crippen molar-refractivity contribution in [2.75, 3.05) is 14.7 Å². The first-order chi connectivity index (χ1) is 32.1. The van der Waals surface area contributed by atoms with Crippen molar-refractivity contribution in [3.8, 4) is 0 Å². The third-order valence-corrected chi connectivity index (χ3v) is 16.7. The predicted octanol–water partition coefficient (Wildman–Crippen LogP) is 15.8. The lowest BCUT2D eigenvalue weighted by Crippen LogP contribution is -2.62. The van der Waals surface area contributed by atoms with E-state index in [0.29, 0.717) is 0 Å². The Labute approximate surface area is 408 Å². The molecule has 4 heteroatoms. The molecule has 0 aromatic heterocycles. The van der Waals surface area contributed by atoms with Gasteiger partial charge < -0.3 is 14.7 Å². The summed E-state index contributed by atoms with van der Waals surface area (Å²) in [5.41, 5.74) is 26.7. The average Bonchev–Trinajstić information content (AvgIpc) is 3.46. The highest BCUT2D eigenvalue weighted by Gasteiger charge is 2.48. The van der Waals surface area contributed by atoms with Crippen molar-refractivity contribution in [2.24, 2.45) is 0 Å². The predicted molar refractivity (Wildman–Crippen MR) is 294 cm³/mol. The van der Waals surface area contributed by atoms with Crippen LogP contribution >= 0.6 is 0 Å². The van der Waals surface area contributed by atoms with Gasteiger partial charge in [-0.25, -0.2) is 0 Å². The zero-order valence-corrected chi connectivity index (χ0v) is 43.2. The van der Waals surface area contributed by atoms with E-state index < -0.39 is 0 Å². The summed E-state index contributed by atoms with van der Waals surface area (Å²) < 4.78 is 0. The van der Waals surface area contributed by atoms with E-state index in [1.165, 1.54) is 101 Å². The summed E-state index contributed by atoms with van der Waals surface area (Å²) in [5.74, 6) is 0. The largest absolute Gasteiger partial charge is 0.311 e. The van der Waals surface area contributed by atoms with Crippen LogP contribution in [-0.4, -0.2) is 6.71 Å². The van der Waals surface area contributed by atoms with Gasteiger partial charge in [0.05, 0.1) is 0 Å². The van der Waals surface area contributed by atoms with Crippen molar-refractivity contribution in [2.45, 2.75) is 143 Å². The van der Waals surface area contributed by atoms with Crippen LogP contribution in [0.3, 0.4) is 0 Å². The molecule has 2 aliphatic carbocycles. The topological polar surface area (TPSA) is 9.72 Å². The number of hydrogen-bond donors (Lipinski definition) is 0. The molecular weight excluding hydrogens is 822 g/mol. The number of para-hydroxylation sites is 2. The van der Waals surface area contributed by atoms with Gasteiger partial charge in [0, 0.05) is 51.2 Å². The van der Waals surface area contributed by atoms with Crippen LogP contribution in [0.15, 0.2) is 133 Å². The van der Waals surface area contributed by atoms with Crippen LogP contribution in [0.25, 0.3) is 0 Å². The van der Waals surface area contributed by atoms with Gasteiger partial charge in [0.2, 0.25) is 0 Å². The van der Waals surface area contributed by atoms with Crippen molar-refractivity contribution in [1.82, 2.24) is 0 Å². The second kappa shape index (κ2) is 15.0. The van der Waals surface area contributed by atoms with Crippen LogP contribution in [0.2, 0.25) is 0 Å². The molecule has 0 unspecified atom stereocenters. The minimum Gasteiger partial charge on any atom is -0.311 e. The number of aryl methyl sites for hydroxylation is 3. The van der Waals surface area contributed by atoms with Crippen molar-refractivity contribution in [1.29, 1.82) is 0 Å². The van der Waals surface area contributed by atoms with Crippen molar-refractivity contribution >= 4 is 74.3 Å². The van der Waals surface area contributed by atoms with E-state index in [4.69, 9.17) is 0 Å². The molecule has 2 heterocycles. The first kappa shape index (κ1) is 44.5. The SMILES string of the molecule is Cc1cc2c3c(c1)N(c1ccc(C(C)(C)C)cc1C)c1cc4c(cc1B3c1cc(N(c3ccccc3)c3ccccc3)ccc1N2c1cc2c(cc1C)C(C)(C)CC2(C)C)C(C)(C)CCC4(C)C. The molecule has 7 aromatic rings. The van der Waals surface area contributed by atoms with Gasteiger partial charge in [-0.15, -0.1) is 0 Å². The summed E-state index contributed by atoms with van der Waals surface area (Å²) in [6.07, 6.45) is 3.46. The van der Waals surface area contributed by atoms with Crippen molar-refractivity contribution in [3.63, 3.8) is 0 Å². The van der Waals surface area contributed by atoms with Crippen LogP contribution in [0.1, 0.15) is 140 Å². The van der Waals surface area contributed by atoms with Crippen molar-refractivity contribution in [3.05, 3.63) is 178 Å². The van der Waals surface area contributed by atoms with E-state index in [2.05, 4.69) is 245 Å². The van der Waals surface area contributed by atoms with Crippen LogP contribution in [0.5, 0.6) is 0 Å². The van der Waals surface area contributed by atoms with E-state index in [0.717, 1.165) is 29.9 Å². The summed E-state index contributed by atoms with van der Waals surface area (Å²) in [6, 6.07) is 51.9. The van der Waals surface area contributed by atoms with Gasteiger partial charge in [0.25, 0.3) is 6.71 Å². The van der Waals surface area contributed by atoms with Crippen LogP contribution in [0.4, 0.5) is 51.2 Å². The quantitative estimate of drug-likeness (QED) is 0.159. The Hall–Kier alpha value is -6.00. The molecular formula is C64H70BN3. The summed E-state index contributed by atoms with van der Waals surface area (Å²) >= 11 is 0. The first-order valence-electron chi connectivity index (χ1n) is 25.3. The Bertz CT molecular complexity index is 3140. The van der Waals surface area contributed by atoms with Crippen LogP contribution < -0.4 is 31.1 Å². The summed E-state index contributed by atoms with van der Waals surface area (Å²) in [5, 5.41) is 0. The third-order valence-electron chi connectivity index (χ3n) is 16.7. The van der Waals surface area contributed by atoms with Crippen LogP contribution in [0, 0.1) is 20.8 Å². The number of fused-ring (bicyclic) bond motifs is 6. The van der Waals surface area contributed by atoms with Gasteiger partial charge in [-0.2, -0.15) is 0 Å². The minimum absolute atomic E-state index is 0.0168. The zero-order chi connectivity index (χ0) is 48.0. The normalized spacial score (nSPS) is 17.8. The van der Waals surface area contributed by atoms with Gasteiger partial charge in [-0.3, -0.25) is 0 Å². The van der Waals surface area contributed by atoms with Gasteiger partial charge in [0.15, 0.2) is 0 Å². The highest BCUT2D eigenvalue weighted by atomic mass is 15.2. The molecule has 0 fully saturated rings. The van der Waals surface area contributed by atoms with E-state index in [1.54, 1.807) is 0 Å². The molecule has 3 nitrogen and oxygen atoms in total. The molecule has 4 aliphatic rings.